The SMILES string of the molecule is O=C(CN1CCN(CC(=O)NC2CC2)CC1)Nc1cccc(S(=O)(=O)NC2=NCCC2)c1. The number of nitrogens with zero attached hydrogens (tertiary/aromatic N) is 3. The van der Waals surface area contributed by atoms with Crippen LogP contribution in [-0.2, 0) is 19.6 Å². The number of benzene rings is 1. The van der Waals surface area contributed by atoms with E-state index in [0.717, 1.165) is 32.4 Å². The van der Waals surface area contributed by atoms with Crippen LogP contribution in [0.25, 0.3) is 0 Å². The maximum absolute atomic E-state index is 12.6. The molecule has 0 aromatic heterocycles. The molecule has 3 N–H and O–H groups in total. The molecule has 1 aromatic rings. The number of carbonyl (C=O) groups is 2. The fourth-order valence-corrected chi connectivity index (χ4v) is 4.93. The van der Waals surface area contributed by atoms with Crippen LogP contribution in [0.5, 0.6) is 0 Å². The summed E-state index contributed by atoms with van der Waals surface area (Å²) < 4.78 is 27.7. The van der Waals surface area contributed by atoms with Crippen molar-refractivity contribution in [3.8, 4) is 0 Å². The number of hydrogen-bond donors (Lipinski definition) is 3. The van der Waals surface area contributed by atoms with Crippen LogP contribution in [0.4, 0.5) is 5.69 Å². The first kappa shape index (κ1) is 22.7. The lowest BCUT2D eigenvalue weighted by molar-refractivity contribution is -0.123. The summed E-state index contributed by atoms with van der Waals surface area (Å²) in [6.45, 7) is 4.11. The summed E-state index contributed by atoms with van der Waals surface area (Å²) in [6, 6.07) is 6.58. The zero-order chi connectivity index (χ0) is 22.6. The molecule has 3 aliphatic rings. The van der Waals surface area contributed by atoms with E-state index in [1.54, 1.807) is 12.1 Å². The number of amides is 2. The first-order valence-corrected chi connectivity index (χ1v) is 12.6. The molecular formula is C21H30N6O4S. The van der Waals surface area contributed by atoms with Crippen LogP contribution in [0.15, 0.2) is 34.2 Å². The van der Waals surface area contributed by atoms with Crippen LogP contribution in [0.3, 0.4) is 0 Å². The summed E-state index contributed by atoms with van der Waals surface area (Å²) in [5.41, 5.74) is 0.432. The Morgan fingerprint density at radius 2 is 1.72 bits per heavy atom. The highest BCUT2D eigenvalue weighted by Crippen LogP contribution is 2.18. The fraction of sp³-hybridized carbons (Fsp3) is 0.571. The molecule has 174 valence electrons. The quantitative estimate of drug-likeness (QED) is 0.499. The molecule has 2 aliphatic heterocycles. The van der Waals surface area contributed by atoms with Crippen LogP contribution in [0.1, 0.15) is 25.7 Å². The summed E-state index contributed by atoms with van der Waals surface area (Å²) in [6.07, 6.45) is 3.62. The highest BCUT2D eigenvalue weighted by Gasteiger charge is 2.26. The molecule has 0 radical (unpaired) electrons. The fourth-order valence-electron chi connectivity index (χ4n) is 3.79. The van der Waals surface area contributed by atoms with E-state index >= 15 is 0 Å². The minimum atomic E-state index is -3.73. The van der Waals surface area contributed by atoms with Crippen molar-refractivity contribution < 1.29 is 18.0 Å². The summed E-state index contributed by atoms with van der Waals surface area (Å²) >= 11 is 0. The van der Waals surface area contributed by atoms with Gasteiger partial charge in [0.1, 0.15) is 5.84 Å². The molecule has 1 saturated heterocycles. The summed E-state index contributed by atoms with van der Waals surface area (Å²) in [5, 5.41) is 5.78. The maximum Gasteiger partial charge on any atom is 0.262 e. The van der Waals surface area contributed by atoms with E-state index in [4.69, 9.17) is 0 Å². The average Bonchev–Trinajstić information content (AvgIpc) is 3.41. The van der Waals surface area contributed by atoms with Crippen LogP contribution in [-0.4, -0.2) is 87.7 Å². The Bertz CT molecular complexity index is 984. The Labute approximate surface area is 188 Å². The number of amidine groups is 1. The van der Waals surface area contributed by atoms with Gasteiger partial charge in [-0.15, -0.1) is 0 Å². The van der Waals surface area contributed by atoms with Crippen LogP contribution in [0, 0.1) is 0 Å². The molecule has 1 saturated carbocycles. The highest BCUT2D eigenvalue weighted by molar-refractivity contribution is 7.90. The molecular weight excluding hydrogens is 432 g/mol. The molecule has 10 nitrogen and oxygen atoms in total. The minimum Gasteiger partial charge on any atom is -0.352 e. The number of aliphatic imine (C=N–C) groups is 1. The second kappa shape index (κ2) is 9.97. The molecule has 4 rings (SSSR count). The number of rotatable bonds is 8. The molecule has 0 spiro atoms. The standard InChI is InChI=1S/C21H30N6O4S/c28-20(23-16-6-7-16)14-26-9-11-27(12-10-26)15-21(29)24-17-3-1-4-18(13-17)32(30,31)25-19-5-2-8-22-19/h1,3-4,13,16H,2,5-12,14-15H2,(H,22,25)(H,23,28)(H,24,29). The van der Waals surface area contributed by atoms with Crippen molar-refractivity contribution in [1.82, 2.24) is 19.8 Å². The summed E-state index contributed by atoms with van der Waals surface area (Å²) in [4.78, 5) is 32.8. The van der Waals surface area contributed by atoms with Gasteiger partial charge in [-0.2, -0.15) is 0 Å². The van der Waals surface area contributed by atoms with Crippen LogP contribution < -0.4 is 15.4 Å². The molecule has 1 aromatic carbocycles. The third-order valence-corrected chi connectivity index (χ3v) is 7.08. The highest BCUT2D eigenvalue weighted by atomic mass is 32.2. The third-order valence-electron chi connectivity index (χ3n) is 5.70. The smallest absolute Gasteiger partial charge is 0.262 e. The third kappa shape index (κ3) is 6.50. The second-order valence-corrected chi connectivity index (χ2v) is 10.2. The van der Waals surface area contributed by atoms with Gasteiger partial charge in [-0.25, -0.2) is 8.42 Å². The van der Waals surface area contributed by atoms with Gasteiger partial charge >= 0.3 is 0 Å². The summed E-state index contributed by atoms with van der Waals surface area (Å²) in [7, 11) is -3.73. The van der Waals surface area contributed by atoms with E-state index in [9.17, 15) is 18.0 Å². The minimum absolute atomic E-state index is 0.0722. The number of hydrogen-bond acceptors (Lipinski definition) is 7. The van der Waals surface area contributed by atoms with Crippen molar-refractivity contribution in [3.63, 3.8) is 0 Å². The molecule has 2 fully saturated rings. The van der Waals surface area contributed by atoms with Crippen molar-refractivity contribution in [1.29, 1.82) is 0 Å². The maximum atomic E-state index is 12.6. The predicted octanol–water partition coefficient (Wildman–Crippen LogP) is -0.00810. The number of anilines is 1. The molecule has 0 bridgehead atoms. The Hall–Kier alpha value is -2.50. The molecule has 11 heteroatoms. The van der Waals surface area contributed by atoms with E-state index < -0.39 is 10.0 Å². The van der Waals surface area contributed by atoms with Crippen molar-refractivity contribution >= 4 is 33.4 Å². The van der Waals surface area contributed by atoms with Gasteiger partial charge in [0.2, 0.25) is 11.8 Å². The Morgan fingerprint density at radius 3 is 2.34 bits per heavy atom. The van der Waals surface area contributed by atoms with Gasteiger partial charge in [-0.1, -0.05) is 6.07 Å². The largest absolute Gasteiger partial charge is 0.352 e. The lowest BCUT2D eigenvalue weighted by Crippen LogP contribution is -2.51. The zero-order valence-electron chi connectivity index (χ0n) is 18.0. The number of carbonyl (C=O) groups excluding carboxylic acids is 2. The Morgan fingerprint density at radius 1 is 1.03 bits per heavy atom. The van der Waals surface area contributed by atoms with E-state index in [1.807, 2.05) is 4.90 Å². The lowest BCUT2D eigenvalue weighted by atomic mass is 10.3. The van der Waals surface area contributed by atoms with Crippen molar-refractivity contribution in [2.24, 2.45) is 4.99 Å². The van der Waals surface area contributed by atoms with Gasteiger partial charge in [-0.3, -0.25) is 29.1 Å². The molecule has 2 heterocycles. The van der Waals surface area contributed by atoms with Gasteiger partial charge < -0.3 is 10.6 Å². The van der Waals surface area contributed by atoms with E-state index in [2.05, 4.69) is 25.2 Å². The number of sulfonamides is 1. The number of piperazine rings is 1. The zero-order valence-corrected chi connectivity index (χ0v) is 18.9. The van der Waals surface area contributed by atoms with Crippen LogP contribution in [0.2, 0.25) is 0 Å². The van der Waals surface area contributed by atoms with Gasteiger partial charge in [0.15, 0.2) is 0 Å². The van der Waals surface area contributed by atoms with E-state index in [-0.39, 0.29) is 23.3 Å². The molecule has 1 aliphatic carbocycles. The van der Waals surface area contributed by atoms with Crippen LogP contribution >= 0.6 is 0 Å². The predicted molar refractivity (Wildman–Crippen MR) is 121 cm³/mol. The monoisotopic (exact) mass is 462 g/mol. The lowest BCUT2D eigenvalue weighted by Gasteiger charge is -2.33. The van der Waals surface area contributed by atoms with Gasteiger partial charge in [0.25, 0.3) is 10.0 Å². The van der Waals surface area contributed by atoms with Crippen molar-refractivity contribution in [2.45, 2.75) is 36.6 Å². The molecule has 0 atom stereocenters. The van der Waals surface area contributed by atoms with Crippen molar-refractivity contribution in [2.75, 3.05) is 51.1 Å². The van der Waals surface area contributed by atoms with E-state index in [1.165, 1.54) is 12.1 Å². The Balaban J connectivity index is 1.24. The van der Waals surface area contributed by atoms with Gasteiger partial charge in [0.05, 0.1) is 18.0 Å². The van der Waals surface area contributed by atoms with Gasteiger partial charge in [-0.05, 0) is 37.5 Å². The average molecular weight is 463 g/mol. The van der Waals surface area contributed by atoms with Gasteiger partial charge in [0, 0.05) is 50.9 Å². The molecule has 2 amide bonds. The normalized spacial score (nSPS) is 19.9. The topological polar surface area (TPSA) is 123 Å². The first-order chi connectivity index (χ1) is 15.4. The van der Waals surface area contributed by atoms with Crippen molar-refractivity contribution in [3.05, 3.63) is 24.3 Å². The first-order valence-electron chi connectivity index (χ1n) is 11.1. The second-order valence-electron chi connectivity index (χ2n) is 8.51. The summed E-state index contributed by atoms with van der Waals surface area (Å²) in [5.74, 6) is 0.347. The Kier molecular flexibility index (Phi) is 7.07. The molecule has 32 heavy (non-hydrogen) atoms. The molecule has 0 unspecified atom stereocenters. The number of nitrogens with one attached hydrogen (secondary N) is 3. The van der Waals surface area contributed by atoms with E-state index in [0.29, 0.717) is 50.2 Å².